The van der Waals surface area contributed by atoms with Crippen molar-refractivity contribution in [1.29, 1.82) is 5.26 Å². The van der Waals surface area contributed by atoms with E-state index in [4.69, 9.17) is 10.4 Å². The highest BCUT2D eigenvalue weighted by molar-refractivity contribution is 9.10. The molecule has 0 spiro atoms. The van der Waals surface area contributed by atoms with Gasteiger partial charge in [-0.25, -0.2) is 9.18 Å². The molecule has 0 saturated heterocycles. The van der Waals surface area contributed by atoms with Crippen LogP contribution in [-0.4, -0.2) is 11.1 Å². The van der Waals surface area contributed by atoms with Crippen LogP contribution in [0.25, 0.3) is 0 Å². The third-order valence-electron chi connectivity index (χ3n) is 2.60. The molecule has 0 fully saturated rings. The van der Waals surface area contributed by atoms with E-state index in [9.17, 15) is 9.18 Å². The number of benzene rings is 2. The fourth-order valence-corrected chi connectivity index (χ4v) is 2.12. The zero-order valence-corrected chi connectivity index (χ0v) is 11.6. The highest BCUT2D eigenvalue weighted by atomic mass is 79.9. The zero-order chi connectivity index (χ0) is 14.7. The van der Waals surface area contributed by atoms with Crippen LogP contribution >= 0.6 is 15.9 Å². The molecule has 2 aromatic rings. The second-order valence-electron chi connectivity index (χ2n) is 3.90. The van der Waals surface area contributed by atoms with Crippen molar-refractivity contribution in [3.63, 3.8) is 0 Å². The maximum Gasteiger partial charge on any atom is 0.338 e. The summed E-state index contributed by atoms with van der Waals surface area (Å²) in [7, 11) is 0. The van der Waals surface area contributed by atoms with Crippen molar-refractivity contribution in [2.75, 3.05) is 5.32 Å². The van der Waals surface area contributed by atoms with Crippen molar-refractivity contribution >= 4 is 33.3 Å². The summed E-state index contributed by atoms with van der Waals surface area (Å²) in [5, 5.41) is 20.7. The van der Waals surface area contributed by atoms with Crippen LogP contribution in [0.3, 0.4) is 0 Å². The van der Waals surface area contributed by atoms with Crippen molar-refractivity contribution in [1.82, 2.24) is 0 Å². The van der Waals surface area contributed by atoms with E-state index < -0.39 is 17.3 Å². The van der Waals surface area contributed by atoms with Crippen molar-refractivity contribution < 1.29 is 14.3 Å². The summed E-state index contributed by atoms with van der Waals surface area (Å²) in [6.07, 6.45) is 0. The molecule has 0 amide bonds. The number of rotatable bonds is 3. The molecule has 100 valence electrons. The Morgan fingerprint density at radius 2 is 2.10 bits per heavy atom. The summed E-state index contributed by atoms with van der Waals surface area (Å²) < 4.78 is 14.2. The van der Waals surface area contributed by atoms with Gasteiger partial charge in [0, 0.05) is 10.2 Å². The number of carboxylic acid groups (broad SMARTS) is 1. The highest BCUT2D eigenvalue weighted by Gasteiger charge is 2.11. The monoisotopic (exact) mass is 334 g/mol. The second kappa shape index (κ2) is 5.72. The second-order valence-corrected chi connectivity index (χ2v) is 4.75. The van der Waals surface area contributed by atoms with E-state index in [1.54, 1.807) is 18.2 Å². The fraction of sp³-hybridized carbons (Fsp3) is 0. The summed E-state index contributed by atoms with van der Waals surface area (Å²) in [6.45, 7) is 0. The molecule has 0 saturated carbocycles. The van der Waals surface area contributed by atoms with Gasteiger partial charge in [0.15, 0.2) is 0 Å². The van der Waals surface area contributed by atoms with Gasteiger partial charge in [-0.1, -0.05) is 6.07 Å². The highest BCUT2D eigenvalue weighted by Crippen LogP contribution is 2.27. The molecule has 6 heteroatoms. The average Bonchev–Trinajstić information content (AvgIpc) is 2.38. The molecule has 20 heavy (non-hydrogen) atoms. The molecular formula is C14H8BrFN2O2. The van der Waals surface area contributed by atoms with E-state index in [1.807, 2.05) is 6.07 Å². The lowest BCUT2D eigenvalue weighted by molar-refractivity contribution is 0.0692. The lowest BCUT2D eigenvalue weighted by atomic mass is 10.1. The summed E-state index contributed by atoms with van der Waals surface area (Å²) in [5.74, 6) is -2.16. The summed E-state index contributed by atoms with van der Waals surface area (Å²) >= 11 is 3.25. The number of nitrogens with one attached hydrogen (secondary N) is 1. The molecule has 0 unspecified atom stereocenters. The minimum absolute atomic E-state index is 0.363. The average molecular weight is 335 g/mol. The Hall–Kier alpha value is -2.39. The molecule has 0 bridgehead atoms. The molecule has 0 aliphatic rings. The third kappa shape index (κ3) is 2.78. The number of halogens is 2. The molecule has 2 N–H and O–H groups in total. The Balaban J connectivity index is 2.37. The maximum atomic E-state index is 13.6. The lowest BCUT2D eigenvalue weighted by Gasteiger charge is -2.10. The molecule has 0 aliphatic carbocycles. The maximum absolute atomic E-state index is 13.6. The molecule has 0 heterocycles. The van der Waals surface area contributed by atoms with Crippen molar-refractivity contribution in [2.24, 2.45) is 0 Å². The lowest BCUT2D eigenvalue weighted by Crippen LogP contribution is -2.01. The van der Waals surface area contributed by atoms with E-state index in [2.05, 4.69) is 21.2 Å². The molecular weight excluding hydrogens is 327 g/mol. The van der Waals surface area contributed by atoms with Crippen molar-refractivity contribution in [3.05, 3.63) is 57.8 Å². The van der Waals surface area contributed by atoms with Crippen LogP contribution in [0.4, 0.5) is 15.8 Å². The van der Waals surface area contributed by atoms with Crippen molar-refractivity contribution in [3.8, 4) is 6.07 Å². The van der Waals surface area contributed by atoms with Crippen LogP contribution in [0.2, 0.25) is 0 Å². The number of aromatic carboxylic acids is 1. The Kier molecular flexibility index (Phi) is 4.01. The van der Waals surface area contributed by atoms with E-state index in [1.165, 1.54) is 12.1 Å². The van der Waals surface area contributed by atoms with Gasteiger partial charge in [-0.05, 0) is 46.3 Å². The first-order valence-corrected chi connectivity index (χ1v) is 6.30. The Bertz CT molecular complexity index is 726. The van der Waals surface area contributed by atoms with Gasteiger partial charge in [-0.2, -0.15) is 5.26 Å². The molecule has 4 nitrogen and oxygen atoms in total. The number of carbonyl (C=O) groups is 1. The minimum Gasteiger partial charge on any atom is -0.478 e. The Morgan fingerprint density at radius 3 is 2.70 bits per heavy atom. The number of hydrogen-bond donors (Lipinski definition) is 2. The van der Waals surface area contributed by atoms with E-state index >= 15 is 0 Å². The van der Waals surface area contributed by atoms with E-state index in [0.717, 1.165) is 6.07 Å². The predicted octanol–water partition coefficient (Wildman–Crippen LogP) is 3.90. The number of carboxylic acids is 1. The smallest absolute Gasteiger partial charge is 0.338 e. The van der Waals surface area contributed by atoms with Crippen LogP contribution in [0, 0.1) is 17.1 Å². The van der Waals surface area contributed by atoms with Gasteiger partial charge in [0.05, 0.1) is 16.8 Å². The molecule has 0 aliphatic heterocycles. The fourth-order valence-electron chi connectivity index (χ4n) is 1.66. The van der Waals surface area contributed by atoms with Crippen LogP contribution in [0.1, 0.15) is 15.9 Å². The van der Waals surface area contributed by atoms with Gasteiger partial charge in [0.1, 0.15) is 11.9 Å². The first-order valence-electron chi connectivity index (χ1n) is 5.51. The topological polar surface area (TPSA) is 73.1 Å². The standard InChI is InChI=1S/C14H8BrFN2O2/c15-11-2-1-3-13(10(11)7-17)18-8-4-5-9(14(19)20)12(16)6-8/h1-6,18H,(H,19,20). The molecule has 0 aromatic heterocycles. The summed E-state index contributed by atoms with van der Waals surface area (Å²) in [4.78, 5) is 10.7. The van der Waals surface area contributed by atoms with Gasteiger partial charge in [-0.15, -0.1) is 0 Å². The Morgan fingerprint density at radius 1 is 1.35 bits per heavy atom. The predicted molar refractivity (Wildman–Crippen MR) is 75.5 cm³/mol. The van der Waals surface area contributed by atoms with Gasteiger partial charge in [-0.3, -0.25) is 0 Å². The van der Waals surface area contributed by atoms with Crippen LogP contribution in [-0.2, 0) is 0 Å². The minimum atomic E-state index is -1.32. The van der Waals surface area contributed by atoms with Gasteiger partial charge in [0.25, 0.3) is 0 Å². The van der Waals surface area contributed by atoms with Gasteiger partial charge in [0.2, 0.25) is 0 Å². The molecule has 0 atom stereocenters. The SMILES string of the molecule is N#Cc1c(Br)cccc1Nc1ccc(C(=O)O)c(F)c1. The number of hydrogen-bond acceptors (Lipinski definition) is 3. The van der Waals surface area contributed by atoms with Gasteiger partial charge < -0.3 is 10.4 Å². The van der Waals surface area contributed by atoms with E-state index in [-0.39, 0.29) is 0 Å². The zero-order valence-electron chi connectivity index (χ0n) is 10.0. The van der Waals surface area contributed by atoms with Crippen LogP contribution in [0.5, 0.6) is 0 Å². The van der Waals surface area contributed by atoms with Gasteiger partial charge >= 0.3 is 5.97 Å². The summed E-state index contributed by atoms with van der Waals surface area (Å²) in [6, 6.07) is 10.8. The number of nitriles is 1. The number of anilines is 2. The third-order valence-corrected chi connectivity index (χ3v) is 3.26. The molecule has 0 radical (unpaired) electrons. The quantitative estimate of drug-likeness (QED) is 0.892. The first-order chi connectivity index (χ1) is 9.52. The normalized spacial score (nSPS) is 9.85. The van der Waals surface area contributed by atoms with E-state index in [0.29, 0.717) is 21.4 Å². The molecule has 2 aromatic carbocycles. The van der Waals surface area contributed by atoms with Crippen molar-refractivity contribution in [2.45, 2.75) is 0 Å². The number of nitrogens with zero attached hydrogens (tertiary/aromatic N) is 1. The van der Waals surface area contributed by atoms with Crippen LogP contribution in [0.15, 0.2) is 40.9 Å². The molecule has 2 rings (SSSR count). The Labute approximate surface area is 122 Å². The summed E-state index contributed by atoms with van der Waals surface area (Å²) in [5.41, 5.74) is 0.854. The largest absolute Gasteiger partial charge is 0.478 e. The van der Waals surface area contributed by atoms with Crippen LogP contribution < -0.4 is 5.32 Å². The first kappa shape index (κ1) is 14.0.